The number of sulfonamides is 1. The maximum Gasteiger partial charge on any atom is 0.338 e. The Bertz CT molecular complexity index is 1000. The maximum atomic E-state index is 12.5. The molecule has 0 amide bonds. The average molecular weight is 399 g/mol. The summed E-state index contributed by atoms with van der Waals surface area (Å²) in [6.07, 6.45) is 4.90. The van der Waals surface area contributed by atoms with Crippen molar-refractivity contribution >= 4 is 21.8 Å². The van der Waals surface area contributed by atoms with Crippen molar-refractivity contribution in [2.45, 2.75) is 31.3 Å². The van der Waals surface area contributed by atoms with Crippen molar-refractivity contribution in [2.24, 2.45) is 0 Å². The molecule has 146 valence electrons. The van der Waals surface area contributed by atoms with Crippen LogP contribution in [0.25, 0.3) is 0 Å². The molecule has 0 aliphatic rings. The number of ketones is 1. The Kier molecular flexibility index (Phi) is 7.10. The molecule has 0 saturated carbocycles. The standard InChI is InChI=1S/C21H21NO5S/c1-4-13-22-28(25,26)19-8-6-7-18(14-19)21(24)27-15(3)20(23)17-11-9-16(5-2)10-12-17/h1,6-12,14-15,22H,5,13H2,2-3H3. The highest BCUT2D eigenvalue weighted by Gasteiger charge is 2.22. The summed E-state index contributed by atoms with van der Waals surface area (Å²) in [6, 6.07) is 12.4. The van der Waals surface area contributed by atoms with Crippen LogP contribution < -0.4 is 4.72 Å². The number of rotatable bonds is 8. The summed E-state index contributed by atoms with van der Waals surface area (Å²) >= 11 is 0. The third-order valence-electron chi connectivity index (χ3n) is 4.04. The molecule has 1 N–H and O–H groups in total. The molecule has 0 aliphatic carbocycles. The Labute approximate surface area is 165 Å². The van der Waals surface area contributed by atoms with Gasteiger partial charge in [0, 0.05) is 5.56 Å². The number of hydrogen-bond acceptors (Lipinski definition) is 5. The molecule has 0 fully saturated rings. The number of Topliss-reactive ketones (excluding diaryl/α,β-unsaturated/α-hetero) is 1. The van der Waals surface area contributed by atoms with Crippen LogP contribution in [0.2, 0.25) is 0 Å². The Morgan fingerprint density at radius 2 is 1.82 bits per heavy atom. The number of hydrogen-bond donors (Lipinski definition) is 1. The van der Waals surface area contributed by atoms with Crippen molar-refractivity contribution in [1.29, 1.82) is 0 Å². The molecular weight excluding hydrogens is 378 g/mol. The van der Waals surface area contributed by atoms with Crippen molar-refractivity contribution < 1.29 is 22.7 Å². The first-order valence-electron chi connectivity index (χ1n) is 8.65. The number of benzene rings is 2. The van der Waals surface area contributed by atoms with Gasteiger partial charge in [-0.05, 0) is 37.1 Å². The topological polar surface area (TPSA) is 89.5 Å². The van der Waals surface area contributed by atoms with Gasteiger partial charge in [-0.25, -0.2) is 13.2 Å². The third-order valence-corrected chi connectivity index (χ3v) is 5.44. The normalized spacial score (nSPS) is 12.0. The van der Waals surface area contributed by atoms with E-state index in [2.05, 4.69) is 10.6 Å². The van der Waals surface area contributed by atoms with Gasteiger partial charge in [0.25, 0.3) is 0 Å². The van der Waals surface area contributed by atoms with E-state index >= 15 is 0 Å². The first kappa shape index (κ1) is 21.4. The minimum atomic E-state index is -3.84. The average Bonchev–Trinajstić information content (AvgIpc) is 2.71. The Balaban J connectivity index is 2.12. The van der Waals surface area contributed by atoms with Crippen LogP contribution in [0.1, 0.15) is 40.1 Å². The summed E-state index contributed by atoms with van der Waals surface area (Å²) in [5.41, 5.74) is 1.55. The molecule has 2 aromatic rings. The third kappa shape index (κ3) is 5.28. The smallest absolute Gasteiger partial charge is 0.338 e. The molecule has 2 rings (SSSR count). The van der Waals surface area contributed by atoms with E-state index in [0.29, 0.717) is 5.56 Å². The van der Waals surface area contributed by atoms with Gasteiger partial charge in [-0.3, -0.25) is 4.79 Å². The van der Waals surface area contributed by atoms with Gasteiger partial charge in [0.05, 0.1) is 17.0 Å². The number of carbonyl (C=O) groups is 2. The van der Waals surface area contributed by atoms with Gasteiger partial charge in [0.15, 0.2) is 6.10 Å². The number of carbonyl (C=O) groups excluding carboxylic acids is 2. The molecule has 0 heterocycles. The molecule has 28 heavy (non-hydrogen) atoms. The van der Waals surface area contributed by atoms with Gasteiger partial charge in [-0.15, -0.1) is 6.42 Å². The van der Waals surface area contributed by atoms with Crippen LogP contribution in [-0.4, -0.2) is 32.8 Å². The Morgan fingerprint density at radius 3 is 2.43 bits per heavy atom. The molecule has 1 unspecified atom stereocenters. The fourth-order valence-corrected chi connectivity index (χ4v) is 3.41. The number of terminal acetylenes is 1. The highest BCUT2D eigenvalue weighted by molar-refractivity contribution is 7.89. The van der Waals surface area contributed by atoms with Crippen LogP contribution in [0.3, 0.4) is 0 Å². The van der Waals surface area contributed by atoms with E-state index in [1.165, 1.54) is 31.2 Å². The number of aryl methyl sites for hydroxylation is 1. The molecule has 1 atom stereocenters. The molecule has 7 heteroatoms. The summed E-state index contributed by atoms with van der Waals surface area (Å²) < 4.78 is 31.7. The van der Waals surface area contributed by atoms with Crippen LogP contribution >= 0.6 is 0 Å². The van der Waals surface area contributed by atoms with E-state index in [9.17, 15) is 18.0 Å². The van der Waals surface area contributed by atoms with Crippen LogP contribution in [0.4, 0.5) is 0 Å². The monoisotopic (exact) mass is 399 g/mol. The SMILES string of the molecule is C#CCNS(=O)(=O)c1cccc(C(=O)OC(C)C(=O)c2ccc(CC)cc2)c1. The molecule has 0 spiro atoms. The molecule has 6 nitrogen and oxygen atoms in total. The highest BCUT2D eigenvalue weighted by atomic mass is 32.2. The quantitative estimate of drug-likeness (QED) is 0.419. The van der Waals surface area contributed by atoms with E-state index in [4.69, 9.17) is 11.2 Å². The van der Waals surface area contributed by atoms with Gasteiger partial charge >= 0.3 is 5.97 Å². The largest absolute Gasteiger partial charge is 0.451 e. The zero-order chi connectivity index (χ0) is 20.7. The van der Waals surface area contributed by atoms with Crippen LogP contribution in [-0.2, 0) is 21.2 Å². The highest BCUT2D eigenvalue weighted by Crippen LogP contribution is 2.15. The summed E-state index contributed by atoms with van der Waals surface area (Å²) in [5.74, 6) is 1.04. The molecule has 0 bridgehead atoms. The zero-order valence-electron chi connectivity index (χ0n) is 15.6. The lowest BCUT2D eigenvalue weighted by Gasteiger charge is -2.13. The van der Waals surface area contributed by atoms with Crippen LogP contribution in [0.5, 0.6) is 0 Å². The summed E-state index contributed by atoms with van der Waals surface area (Å²) in [7, 11) is -3.84. The molecule has 0 saturated heterocycles. The fourth-order valence-electron chi connectivity index (χ4n) is 2.43. The first-order chi connectivity index (χ1) is 13.3. The lowest BCUT2D eigenvalue weighted by Crippen LogP contribution is -2.26. The van der Waals surface area contributed by atoms with Gasteiger partial charge in [0.2, 0.25) is 15.8 Å². The summed E-state index contributed by atoms with van der Waals surface area (Å²) in [6.45, 7) is 3.32. The van der Waals surface area contributed by atoms with Gasteiger partial charge < -0.3 is 4.74 Å². The Hall–Kier alpha value is -2.95. The number of ether oxygens (including phenoxy) is 1. The van der Waals surface area contributed by atoms with E-state index < -0.39 is 22.1 Å². The second-order valence-corrected chi connectivity index (χ2v) is 7.79. The lowest BCUT2D eigenvalue weighted by atomic mass is 10.0. The molecule has 0 radical (unpaired) electrons. The molecule has 0 aliphatic heterocycles. The van der Waals surface area contributed by atoms with Gasteiger partial charge in [-0.2, -0.15) is 4.72 Å². The van der Waals surface area contributed by atoms with Gasteiger partial charge in [0.1, 0.15) is 0 Å². The number of nitrogens with one attached hydrogen (secondary N) is 1. The van der Waals surface area contributed by atoms with E-state index in [1.807, 2.05) is 19.1 Å². The fraction of sp³-hybridized carbons (Fsp3) is 0.238. The van der Waals surface area contributed by atoms with Crippen molar-refractivity contribution in [3.8, 4) is 12.3 Å². The lowest BCUT2D eigenvalue weighted by molar-refractivity contribution is 0.0318. The van der Waals surface area contributed by atoms with E-state index in [-0.39, 0.29) is 22.8 Å². The molecule has 2 aromatic carbocycles. The van der Waals surface area contributed by atoms with Crippen LogP contribution in [0.15, 0.2) is 53.4 Å². The van der Waals surface area contributed by atoms with E-state index in [0.717, 1.165) is 12.0 Å². The maximum absolute atomic E-state index is 12.5. The van der Waals surface area contributed by atoms with E-state index in [1.54, 1.807) is 12.1 Å². The van der Waals surface area contributed by atoms with Crippen molar-refractivity contribution in [3.63, 3.8) is 0 Å². The predicted molar refractivity (Wildman–Crippen MR) is 105 cm³/mol. The summed E-state index contributed by atoms with van der Waals surface area (Å²) in [5, 5.41) is 0. The van der Waals surface area contributed by atoms with Crippen molar-refractivity contribution in [1.82, 2.24) is 4.72 Å². The molecular formula is C21H21NO5S. The van der Waals surface area contributed by atoms with Gasteiger partial charge in [-0.1, -0.05) is 43.2 Å². The predicted octanol–water partition coefficient (Wildman–Crippen LogP) is 2.59. The van der Waals surface area contributed by atoms with Crippen molar-refractivity contribution in [3.05, 3.63) is 65.2 Å². The second-order valence-electron chi connectivity index (χ2n) is 6.02. The first-order valence-corrected chi connectivity index (χ1v) is 10.1. The minimum absolute atomic E-state index is 0.0181. The molecule has 0 aromatic heterocycles. The second kappa shape index (κ2) is 9.31. The Morgan fingerprint density at radius 1 is 1.14 bits per heavy atom. The number of esters is 1. The van der Waals surface area contributed by atoms with Crippen LogP contribution in [0, 0.1) is 12.3 Å². The van der Waals surface area contributed by atoms with Crippen molar-refractivity contribution in [2.75, 3.05) is 6.54 Å². The minimum Gasteiger partial charge on any atom is -0.451 e. The summed E-state index contributed by atoms with van der Waals surface area (Å²) in [4.78, 5) is 24.7. The zero-order valence-corrected chi connectivity index (χ0v) is 16.5.